The van der Waals surface area contributed by atoms with Crippen molar-refractivity contribution < 1.29 is 22.5 Å². The van der Waals surface area contributed by atoms with E-state index in [1.165, 1.54) is 7.11 Å². The molecule has 0 heterocycles. The standard InChI is InChI=1S/C10H13FN2O5S/c1-7(6-18-2)12-19(16,17)8-3-4-10(13(14)15)9(11)5-8/h3-5,7,12H,6H2,1-2H3. The highest BCUT2D eigenvalue weighted by atomic mass is 32.2. The van der Waals surface area contributed by atoms with E-state index in [0.717, 1.165) is 12.1 Å². The summed E-state index contributed by atoms with van der Waals surface area (Å²) in [7, 11) is -2.53. The Balaban J connectivity index is 3.03. The van der Waals surface area contributed by atoms with Crippen LogP contribution in [0.25, 0.3) is 0 Å². The maximum atomic E-state index is 13.4. The van der Waals surface area contributed by atoms with Crippen molar-refractivity contribution in [3.8, 4) is 0 Å². The van der Waals surface area contributed by atoms with Gasteiger partial charge in [0.2, 0.25) is 15.8 Å². The number of nitro groups is 1. The average Bonchev–Trinajstić information content (AvgIpc) is 2.27. The highest BCUT2D eigenvalue weighted by Crippen LogP contribution is 2.20. The van der Waals surface area contributed by atoms with Crippen molar-refractivity contribution in [3.05, 3.63) is 34.1 Å². The van der Waals surface area contributed by atoms with Crippen LogP contribution in [-0.4, -0.2) is 33.1 Å². The highest BCUT2D eigenvalue weighted by molar-refractivity contribution is 7.89. The number of sulfonamides is 1. The molecule has 106 valence electrons. The first-order valence-corrected chi connectivity index (χ1v) is 6.71. The molecule has 1 N–H and O–H groups in total. The Morgan fingerprint density at radius 2 is 2.16 bits per heavy atom. The van der Waals surface area contributed by atoms with Crippen molar-refractivity contribution in [2.24, 2.45) is 0 Å². The van der Waals surface area contributed by atoms with Gasteiger partial charge in [0.15, 0.2) is 0 Å². The van der Waals surface area contributed by atoms with Crippen molar-refractivity contribution in [3.63, 3.8) is 0 Å². The lowest BCUT2D eigenvalue weighted by atomic mass is 10.3. The van der Waals surface area contributed by atoms with Gasteiger partial charge in [-0.1, -0.05) is 0 Å². The van der Waals surface area contributed by atoms with Crippen LogP contribution >= 0.6 is 0 Å². The fourth-order valence-corrected chi connectivity index (χ4v) is 2.66. The van der Waals surface area contributed by atoms with Crippen molar-refractivity contribution in [1.82, 2.24) is 4.72 Å². The third-order valence-corrected chi connectivity index (χ3v) is 3.79. The van der Waals surface area contributed by atoms with Crippen molar-refractivity contribution in [1.29, 1.82) is 0 Å². The molecule has 0 spiro atoms. The smallest absolute Gasteiger partial charge is 0.304 e. The van der Waals surface area contributed by atoms with Gasteiger partial charge >= 0.3 is 5.69 Å². The molecule has 1 aromatic carbocycles. The predicted octanol–water partition coefficient (Wildman–Crippen LogP) is 1.05. The Bertz CT molecular complexity index is 575. The molecule has 0 aliphatic rings. The van der Waals surface area contributed by atoms with Gasteiger partial charge in [0.05, 0.1) is 16.4 Å². The summed E-state index contributed by atoms with van der Waals surface area (Å²) < 4.78 is 44.1. The van der Waals surface area contributed by atoms with Crippen molar-refractivity contribution >= 4 is 15.7 Å². The van der Waals surface area contributed by atoms with E-state index in [4.69, 9.17) is 4.74 Å². The number of methoxy groups -OCH3 is 1. The van der Waals surface area contributed by atoms with Crippen LogP contribution < -0.4 is 4.72 Å². The molecule has 9 heteroatoms. The minimum absolute atomic E-state index is 0.148. The van der Waals surface area contributed by atoms with E-state index in [9.17, 15) is 22.9 Å². The molecule has 0 bridgehead atoms. The Morgan fingerprint density at radius 3 is 2.63 bits per heavy atom. The van der Waals surface area contributed by atoms with Gasteiger partial charge in [-0.05, 0) is 13.0 Å². The largest absolute Gasteiger partial charge is 0.383 e. The molecular formula is C10H13FN2O5S. The van der Waals surface area contributed by atoms with Gasteiger partial charge in [0.1, 0.15) is 0 Å². The van der Waals surface area contributed by atoms with Gasteiger partial charge in [-0.2, -0.15) is 4.39 Å². The zero-order chi connectivity index (χ0) is 14.6. The number of nitro benzene ring substituents is 1. The first-order chi connectivity index (χ1) is 8.77. The molecule has 1 unspecified atom stereocenters. The first-order valence-electron chi connectivity index (χ1n) is 5.23. The van der Waals surface area contributed by atoms with E-state index >= 15 is 0 Å². The molecule has 0 amide bonds. The number of hydrogen-bond acceptors (Lipinski definition) is 5. The fourth-order valence-electron chi connectivity index (χ4n) is 1.42. The third kappa shape index (κ3) is 3.94. The Labute approximate surface area is 109 Å². The second kappa shape index (κ2) is 6.04. The number of rotatable bonds is 6. The molecule has 1 rings (SSSR count). The van der Waals surface area contributed by atoms with Crippen molar-refractivity contribution in [2.75, 3.05) is 13.7 Å². The third-order valence-electron chi connectivity index (χ3n) is 2.20. The lowest BCUT2D eigenvalue weighted by molar-refractivity contribution is -0.387. The SMILES string of the molecule is COCC(C)NS(=O)(=O)c1ccc([N+](=O)[O-])c(F)c1. The molecule has 1 aromatic rings. The maximum absolute atomic E-state index is 13.4. The van der Waals surface area contributed by atoms with E-state index < -0.39 is 32.5 Å². The molecule has 0 aliphatic carbocycles. The summed E-state index contributed by atoms with van der Waals surface area (Å²) in [6.07, 6.45) is 0. The molecule has 1 atom stereocenters. The molecular weight excluding hydrogens is 279 g/mol. The molecule has 0 aromatic heterocycles. The zero-order valence-electron chi connectivity index (χ0n) is 10.3. The van der Waals surface area contributed by atoms with Crippen LogP contribution in [0.3, 0.4) is 0 Å². The summed E-state index contributed by atoms with van der Waals surface area (Å²) in [4.78, 5) is 9.13. The van der Waals surface area contributed by atoms with E-state index in [-0.39, 0.29) is 11.5 Å². The topological polar surface area (TPSA) is 98.5 Å². The minimum atomic E-state index is -3.94. The van der Waals surface area contributed by atoms with Gasteiger partial charge in [0, 0.05) is 25.3 Å². The Hall–Kier alpha value is -1.58. The Morgan fingerprint density at radius 1 is 1.53 bits per heavy atom. The van der Waals surface area contributed by atoms with Gasteiger partial charge in [-0.15, -0.1) is 0 Å². The summed E-state index contributed by atoms with van der Waals surface area (Å²) in [5.41, 5.74) is -0.774. The number of halogens is 1. The van der Waals surface area contributed by atoms with Crippen molar-refractivity contribution in [2.45, 2.75) is 17.9 Å². The normalized spacial score (nSPS) is 13.2. The number of ether oxygens (including phenoxy) is 1. The lowest BCUT2D eigenvalue weighted by Gasteiger charge is -2.13. The van der Waals surface area contributed by atoms with Gasteiger partial charge in [0.25, 0.3) is 0 Å². The molecule has 0 fully saturated rings. The average molecular weight is 292 g/mol. The van der Waals surface area contributed by atoms with Crippen LogP contribution in [0, 0.1) is 15.9 Å². The van der Waals surface area contributed by atoms with E-state index in [1.54, 1.807) is 6.92 Å². The molecule has 0 aliphatic heterocycles. The second-order valence-electron chi connectivity index (χ2n) is 3.85. The van der Waals surface area contributed by atoms with Crippen LogP contribution in [0.1, 0.15) is 6.92 Å². The fraction of sp³-hybridized carbons (Fsp3) is 0.400. The van der Waals surface area contributed by atoms with Gasteiger partial charge in [-0.25, -0.2) is 13.1 Å². The van der Waals surface area contributed by atoms with Crippen LogP contribution in [0.15, 0.2) is 23.1 Å². The van der Waals surface area contributed by atoms with Crippen LogP contribution in [0.2, 0.25) is 0 Å². The van der Waals surface area contributed by atoms with Gasteiger partial charge < -0.3 is 4.74 Å². The quantitative estimate of drug-likeness (QED) is 0.624. The lowest BCUT2D eigenvalue weighted by Crippen LogP contribution is -2.35. The summed E-state index contributed by atoms with van der Waals surface area (Å²) >= 11 is 0. The molecule has 7 nitrogen and oxygen atoms in total. The van der Waals surface area contributed by atoms with E-state index in [2.05, 4.69) is 4.72 Å². The zero-order valence-corrected chi connectivity index (χ0v) is 11.1. The molecule has 0 saturated heterocycles. The minimum Gasteiger partial charge on any atom is -0.383 e. The summed E-state index contributed by atoms with van der Waals surface area (Å²) in [6, 6.07) is 1.89. The molecule has 19 heavy (non-hydrogen) atoms. The number of hydrogen-bond donors (Lipinski definition) is 1. The number of nitrogens with one attached hydrogen (secondary N) is 1. The van der Waals surface area contributed by atoms with E-state index in [1.807, 2.05) is 0 Å². The first kappa shape index (κ1) is 15.5. The van der Waals surface area contributed by atoms with Crippen LogP contribution in [0.5, 0.6) is 0 Å². The predicted molar refractivity (Wildman–Crippen MR) is 64.7 cm³/mol. The highest BCUT2D eigenvalue weighted by Gasteiger charge is 2.22. The Kier molecular flexibility index (Phi) is 4.92. The van der Waals surface area contributed by atoms with Crippen LogP contribution in [0.4, 0.5) is 10.1 Å². The monoisotopic (exact) mass is 292 g/mol. The van der Waals surface area contributed by atoms with Gasteiger partial charge in [-0.3, -0.25) is 10.1 Å². The molecule has 0 radical (unpaired) electrons. The van der Waals surface area contributed by atoms with E-state index in [0.29, 0.717) is 6.07 Å². The summed E-state index contributed by atoms with van der Waals surface area (Å²) in [6.45, 7) is 1.72. The summed E-state index contributed by atoms with van der Waals surface area (Å²) in [5, 5.41) is 10.4. The second-order valence-corrected chi connectivity index (χ2v) is 5.56. The summed E-state index contributed by atoms with van der Waals surface area (Å²) in [5.74, 6) is -1.20. The number of nitrogens with zero attached hydrogens (tertiary/aromatic N) is 1. The number of benzene rings is 1. The maximum Gasteiger partial charge on any atom is 0.304 e. The molecule has 0 saturated carbocycles. The van der Waals surface area contributed by atoms with Crippen LogP contribution in [-0.2, 0) is 14.8 Å².